The SMILES string of the molecule is CC(CC1CCC1)NC(C)c1nn[nH]n1. The molecule has 0 bridgehead atoms. The Morgan fingerprint density at radius 3 is 2.80 bits per heavy atom. The van der Waals surface area contributed by atoms with Crippen molar-refractivity contribution < 1.29 is 0 Å². The van der Waals surface area contributed by atoms with Crippen LogP contribution in [0.5, 0.6) is 0 Å². The largest absolute Gasteiger partial charge is 0.305 e. The van der Waals surface area contributed by atoms with Gasteiger partial charge in [0, 0.05) is 6.04 Å². The van der Waals surface area contributed by atoms with E-state index in [1.807, 2.05) is 0 Å². The molecule has 0 spiro atoms. The molecule has 5 heteroatoms. The van der Waals surface area contributed by atoms with Gasteiger partial charge in [0.15, 0.2) is 5.82 Å². The molecule has 15 heavy (non-hydrogen) atoms. The van der Waals surface area contributed by atoms with Crippen LogP contribution in [-0.2, 0) is 0 Å². The molecule has 1 aromatic heterocycles. The zero-order chi connectivity index (χ0) is 10.7. The van der Waals surface area contributed by atoms with Crippen molar-refractivity contribution in [1.82, 2.24) is 25.9 Å². The van der Waals surface area contributed by atoms with Crippen molar-refractivity contribution in [1.29, 1.82) is 0 Å². The van der Waals surface area contributed by atoms with Crippen LogP contribution in [0.1, 0.15) is 51.4 Å². The second-order valence-electron chi connectivity index (χ2n) is 4.59. The van der Waals surface area contributed by atoms with Crippen LogP contribution < -0.4 is 5.32 Å². The van der Waals surface area contributed by atoms with Gasteiger partial charge in [0.2, 0.25) is 0 Å². The lowest BCUT2D eigenvalue weighted by molar-refractivity contribution is 0.258. The fourth-order valence-corrected chi connectivity index (χ4v) is 2.15. The lowest BCUT2D eigenvalue weighted by Crippen LogP contribution is -2.32. The van der Waals surface area contributed by atoms with Gasteiger partial charge < -0.3 is 5.32 Å². The van der Waals surface area contributed by atoms with Crippen LogP contribution in [0.2, 0.25) is 0 Å². The summed E-state index contributed by atoms with van der Waals surface area (Å²) in [6.45, 7) is 4.30. The lowest BCUT2D eigenvalue weighted by atomic mass is 9.81. The summed E-state index contributed by atoms with van der Waals surface area (Å²) in [5.41, 5.74) is 0. The summed E-state index contributed by atoms with van der Waals surface area (Å²) in [5.74, 6) is 1.68. The zero-order valence-electron chi connectivity index (χ0n) is 9.40. The van der Waals surface area contributed by atoms with E-state index in [4.69, 9.17) is 0 Å². The topological polar surface area (TPSA) is 66.5 Å². The predicted molar refractivity (Wildman–Crippen MR) is 57.1 cm³/mol. The van der Waals surface area contributed by atoms with Crippen LogP contribution in [0, 0.1) is 5.92 Å². The minimum Gasteiger partial charge on any atom is -0.305 e. The van der Waals surface area contributed by atoms with Crippen molar-refractivity contribution in [2.75, 3.05) is 0 Å². The Labute approximate surface area is 90.0 Å². The van der Waals surface area contributed by atoms with Gasteiger partial charge in [-0.15, -0.1) is 10.2 Å². The van der Waals surface area contributed by atoms with Crippen molar-refractivity contribution in [2.45, 2.75) is 51.6 Å². The van der Waals surface area contributed by atoms with Gasteiger partial charge in [-0.1, -0.05) is 24.5 Å². The van der Waals surface area contributed by atoms with Gasteiger partial charge in [0.25, 0.3) is 0 Å². The summed E-state index contributed by atoms with van der Waals surface area (Å²) >= 11 is 0. The lowest BCUT2D eigenvalue weighted by Gasteiger charge is -2.29. The van der Waals surface area contributed by atoms with E-state index in [-0.39, 0.29) is 6.04 Å². The van der Waals surface area contributed by atoms with Crippen LogP contribution in [-0.4, -0.2) is 26.7 Å². The Morgan fingerprint density at radius 2 is 2.27 bits per heavy atom. The average Bonchev–Trinajstić information content (AvgIpc) is 2.64. The number of nitrogens with one attached hydrogen (secondary N) is 2. The van der Waals surface area contributed by atoms with Gasteiger partial charge in [-0.2, -0.15) is 5.21 Å². The number of hydrogen-bond donors (Lipinski definition) is 2. The predicted octanol–water partition coefficient (Wildman–Crippen LogP) is 1.43. The Morgan fingerprint density at radius 1 is 1.47 bits per heavy atom. The molecule has 2 N–H and O–H groups in total. The number of aromatic nitrogens is 4. The Hall–Kier alpha value is -0.970. The molecule has 1 aliphatic rings. The van der Waals surface area contributed by atoms with Crippen molar-refractivity contribution in [3.8, 4) is 0 Å². The van der Waals surface area contributed by atoms with Crippen molar-refractivity contribution in [3.05, 3.63) is 5.82 Å². The van der Waals surface area contributed by atoms with E-state index >= 15 is 0 Å². The third kappa shape index (κ3) is 2.75. The molecular weight excluding hydrogens is 190 g/mol. The van der Waals surface area contributed by atoms with E-state index in [0.717, 1.165) is 11.7 Å². The highest BCUT2D eigenvalue weighted by atomic mass is 15.5. The quantitative estimate of drug-likeness (QED) is 0.770. The maximum Gasteiger partial charge on any atom is 0.191 e. The second-order valence-corrected chi connectivity index (χ2v) is 4.59. The Balaban J connectivity index is 1.75. The summed E-state index contributed by atoms with van der Waals surface area (Å²) in [6, 6.07) is 0.711. The monoisotopic (exact) mass is 209 g/mol. The molecule has 0 aromatic carbocycles. The van der Waals surface area contributed by atoms with E-state index in [1.54, 1.807) is 0 Å². The molecular formula is C10H19N5. The van der Waals surface area contributed by atoms with Crippen LogP contribution in [0.25, 0.3) is 0 Å². The number of rotatable bonds is 5. The summed E-state index contributed by atoms with van der Waals surface area (Å²) in [7, 11) is 0. The second kappa shape index (κ2) is 4.70. The first-order chi connectivity index (χ1) is 7.25. The number of aromatic amines is 1. The smallest absolute Gasteiger partial charge is 0.191 e. The molecule has 1 aliphatic carbocycles. The standard InChI is InChI=1S/C10H19N5/c1-7(6-9-4-3-5-9)11-8(2)10-12-14-15-13-10/h7-9,11H,3-6H2,1-2H3,(H,12,13,14,15). The van der Waals surface area contributed by atoms with E-state index in [2.05, 4.69) is 39.8 Å². The third-order valence-electron chi connectivity index (χ3n) is 3.20. The molecule has 1 fully saturated rings. The number of tetrazole rings is 1. The molecule has 0 radical (unpaired) electrons. The summed E-state index contributed by atoms with van der Waals surface area (Å²) < 4.78 is 0. The highest BCUT2D eigenvalue weighted by Gasteiger charge is 2.21. The van der Waals surface area contributed by atoms with Gasteiger partial charge in [0.1, 0.15) is 0 Å². The van der Waals surface area contributed by atoms with Gasteiger partial charge >= 0.3 is 0 Å². The summed E-state index contributed by atoms with van der Waals surface area (Å²) in [6.07, 6.45) is 5.49. The van der Waals surface area contributed by atoms with Crippen LogP contribution in [0.4, 0.5) is 0 Å². The molecule has 5 nitrogen and oxygen atoms in total. The highest BCUT2D eigenvalue weighted by Crippen LogP contribution is 2.30. The Bertz CT molecular complexity index is 280. The van der Waals surface area contributed by atoms with E-state index in [1.165, 1.54) is 25.7 Å². The first-order valence-corrected chi connectivity index (χ1v) is 5.75. The molecule has 84 valence electrons. The van der Waals surface area contributed by atoms with Gasteiger partial charge in [-0.05, 0) is 26.2 Å². The van der Waals surface area contributed by atoms with Gasteiger partial charge in [-0.3, -0.25) is 0 Å². The third-order valence-corrected chi connectivity index (χ3v) is 3.20. The molecule has 1 saturated carbocycles. The molecule has 2 atom stereocenters. The fourth-order valence-electron chi connectivity index (χ4n) is 2.15. The highest BCUT2D eigenvalue weighted by molar-refractivity contribution is 4.87. The summed E-state index contributed by atoms with van der Waals surface area (Å²) in [4.78, 5) is 0. The van der Waals surface area contributed by atoms with E-state index in [9.17, 15) is 0 Å². The number of nitrogens with zero attached hydrogens (tertiary/aromatic N) is 3. The molecule has 2 rings (SSSR count). The molecule has 2 unspecified atom stereocenters. The van der Waals surface area contributed by atoms with E-state index < -0.39 is 0 Å². The maximum atomic E-state index is 3.97. The Kier molecular flexibility index (Phi) is 3.30. The minimum atomic E-state index is 0.179. The number of hydrogen-bond acceptors (Lipinski definition) is 4. The van der Waals surface area contributed by atoms with Crippen LogP contribution >= 0.6 is 0 Å². The van der Waals surface area contributed by atoms with Crippen molar-refractivity contribution >= 4 is 0 Å². The molecule has 0 aliphatic heterocycles. The van der Waals surface area contributed by atoms with Crippen molar-refractivity contribution in [2.24, 2.45) is 5.92 Å². The zero-order valence-corrected chi connectivity index (χ0v) is 9.40. The maximum absolute atomic E-state index is 3.97. The van der Waals surface area contributed by atoms with E-state index in [0.29, 0.717) is 6.04 Å². The van der Waals surface area contributed by atoms with Crippen LogP contribution in [0.3, 0.4) is 0 Å². The molecule has 0 amide bonds. The van der Waals surface area contributed by atoms with Crippen LogP contribution in [0.15, 0.2) is 0 Å². The van der Waals surface area contributed by atoms with Gasteiger partial charge in [-0.25, -0.2) is 0 Å². The minimum absolute atomic E-state index is 0.179. The van der Waals surface area contributed by atoms with Crippen molar-refractivity contribution in [3.63, 3.8) is 0 Å². The first kappa shape index (κ1) is 10.5. The fraction of sp³-hybridized carbons (Fsp3) is 0.900. The average molecular weight is 209 g/mol. The number of H-pyrrole nitrogens is 1. The first-order valence-electron chi connectivity index (χ1n) is 5.75. The summed E-state index contributed by atoms with van der Waals surface area (Å²) in [5, 5.41) is 17.5. The molecule has 1 aromatic rings. The molecule has 0 saturated heterocycles. The van der Waals surface area contributed by atoms with Gasteiger partial charge in [0.05, 0.1) is 6.04 Å². The normalized spacial score (nSPS) is 20.9. The molecule has 1 heterocycles.